The largest absolute Gasteiger partial charge is 0.326 e. The predicted molar refractivity (Wildman–Crippen MR) is 81.3 cm³/mol. The van der Waals surface area contributed by atoms with Crippen molar-refractivity contribution in [1.29, 1.82) is 0 Å². The summed E-state index contributed by atoms with van der Waals surface area (Å²) in [5.74, 6) is 1.04. The third-order valence-electron chi connectivity index (χ3n) is 3.41. The van der Waals surface area contributed by atoms with Crippen molar-refractivity contribution in [2.45, 2.75) is 19.9 Å². The van der Waals surface area contributed by atoms with Gasteiger partial charge in [0.2, 0.25) is 0 Å². The molecule has 0 spiro atoms. The van der Waals surface area contributed by atoms with E-state index in [1.165, 1.54) is 9.75 Å². The van der Waals surface area contributed by atoms with Crippen molar-refractivity contribution in [3.05, 3.63) is 40.8 Å². The molecule has 3 aromatic rings. The van der Waals surface area contributed by atoms with Gasteiger partial charge in [-0.1, -0.05) is 13.0 Å². The zero-order valence-corrected chi connectivity index (χ0v) is 12.0. The van der Waals surface area contributed by atoms with Crippen LogP contribution in [0.2, 0.25) is 0 Å². The molecule has 0 atom stereocenters. The number of rotatable bonds is 3. The summed E-state index contributed by atoms with van der Waals surface area (Å²) in [5.41, 5.74) is 8.98. The molecule has 0 amide bonds. The Labute approximate surface area is 116 Å². The molecule has 0 saturated carbocycles. The van der Waals surface area contributed by atoms with Crippen LogP contribution in [0.25, 0.3) is 21.7 Å². The molecule has 4 heteroatoms. The van der Waals surface area contributed by atoms with Crippen LogP contribution < -0.4 is 5.73 Å². The first-order valence-electron chi connectivity index (χ1n) is 6.47. The average Bonchev–Trinajstić information content (AvgIpc) is 3.03. The molecule has 0 aliphatic heterocycles. The van der Waals surface area contributed by atoms with Crippen LogP contribution in [-0.2, 0) is 20.0 Å². The van der Waals surface area contributed by atoms with Crippen molar-refractivity contribution < 1.29 is 0 Å². The molecule has 2 heterocycles. The van der Waals surface area contributed by atoms with Crippen LogP contribution >= 0.6 is 11.3 Å². The summed E-state index contributed by atoms with van der Waals surface area (Å²) in [6.07, 6.45) is 1.08. The van der Waals surface area contributed by atoms with Gasteiger partial charge in [-0.05, 0) is 36.2 Å². The third kappa shape index (κ3) is 2.07. The van der Waals surface area contributed by atoms with Crippen LogP contribution in [0.15, 0.2) is 30.3 Å². The Bertz CT molecular complexity index is 724. The number of aromatic nitrogens is 2. The number of nitrogens with two attached hydrogens (primary N) is 1. The molecule has 3 nitrogen and oxygen atoms in total. The Hall–Kier alpha value is -1.65. The van der Waals surface area contributed by atoms with Gasteiger partial charge in [-0.2, -0.15) is 0 Å². The van der Waals surface area contributed by atoms with E-state index in [0.29, 0.717) is 6.54 Å². The summed E-state index contributed by atoms with van der Waals surface area (Å²) in [4.78, 5) is 7.38. The number of benzene rings is 1. The molecule has 19 heavy (non-hydrogen) atoms. The van der Waals surface area contributed by atoms with E-state index in [9.17, 15) is 0 Å². The van der Waals surface area contributed by atoms with E-state index in [0.717, 1.165) is 28.8 Å². The van der Waals surface area contributed by atoms with Crippen LogP contribution in [0, 0.1) is 0 Å². The summed E-state index contributed by atoms with van der Waals surface area (Å²) >= 11 is 1.82. The highest BCUT2D eigenvalue weighted by Gasteiger charge is 2.11. The topological polar surface area (TPSA) is 43.8 Å². The highest BCUT2D eigenvalue weighted by Crippen LogP contribution is 2.30. The Morgan fingerprint density at radius 1 is 1.26 bits per heavy atom. The molecule has 0 unspecified atom stereocenters. The maximum Gasteiger partial charge on any atom is 0.150 e. The molecule has 0 radical (unpaired) electrons. The van der Waals surface area contributed by atoms with Gasteiger partial charge in [-0.3, -0.25) is 0 Å². The maximum absolute atomic E-state index is 5.69. The first kappa shape index (κ1) is 12.4. The van der Waals surface area contributed by atoms with E-state index in [1.807, 2.05) is 11.3 Å². The van der Waals surface area contributed by atoms with Crippen molar-refractivity contribution in [1.82, 2.24) is 9.55 Å². The first-order valence-corrected chi connectivity index (χ1v) is 7.29. The monoisotopic (exact) mass is 271 g/mol. The van der Waals surface area contributed by atoms with Crippen LogP contribution in [0.1, 0.15) is 17.4 Å². The minimum atomic E-state index is 0.556. The lowest BCUT2D eigenvalue weighted by Gasteiger charge is -1.99. The molecule has 0 aliphatic carbocycles. The zero-order valence-electron chi connectivity index (χ0n) is 11.2. The molecule has 0 bridgehead atoms. The van der Waals surface area contributed by atoms with Crippen molar-refractivity contribution in [3.63, 3.8) is 0 Å². The van der Waals surface area contributed by atoms with E-state index >= 15 is 0 Å². The summed E-state index contributed by atoms with van der Waals surface area (Å²) in [6.45, 7) is 2.74. The van der Waals surface area contributed by atoms with Gasteiger partial charge in [0.1, 0.15) is 0 Å². The number of imidazole rings is 1. The second-order valence-corrected chi connectivity index (χ2v) is 5.81. The fraction of sp³-hybridized carbons (Fsp3) is 0.267. The van der Waals surface area contributed by atoms with Crippen LogP contribution in [0.3, 0.4) is 0 Å². The summed E-state index contributed by atoms with van der Waals surface area (Å²) in [7, 11) is 2.07. The van der Waals surface area contributed by atoms with Gasteiger partial charge < -0.3 is 10.3 Å². The summed E-state index contributed by atoms with van der Waals surface area (Å²) < 4.78 is 2.15. The highest BCUT2D eigenvalue weighted by atomic mass is 32.1. The van der Waals surface area contributed by atoms with Gasteiger partial charge >= 0.3 is 0 Å². The lowest BCUT2D eigenvalue weighted by Crippen LogP contribution is -1.95. The molecule has 2 aromatic heterocycles. The maximum atomic E-state index is 5.69. The number of hydrogen-bond acceptors (Lipinski definition) is 3. The Morgan fingerprint density at radius 2 is 2.11 bits per heavy atom. The predicted octanol–water partition coefficient (Wildman–Crippen LogP) is 3.32. The molecule has 0 aliphatic rings. The van der Waals surface area contributed by atoms with Crippen LogP contribution in [0.5, 0.6) is 0 Å². The van der Waals surface area contributed by atoms with Gasteiger partial charge in [0.25, 0.3) is 0 Å². The van der Waals surface area contributed by atoms with E-state index < -0.39 is 0 Å². The Kier molecular flexibility index (Phi) is 3.12. The lowest BCUT2D eigenvalue weighted by molar-refractivity contribution is 0.962. The number of nitrogens with zero attached hydrogens (tertiary/aromatic N) is 2. The van der Waals surface area contributed by atoms with Crippen LogP contribution in [-0.4, -0.2) is 9.55 Å². The average molecular weight is 271 g/mol. The summed E-state index contributed by atoms with van der Waals surface area (Å²) in [6, 6.07) is 10.6. The molecule has 2 N–H and O–H groups in total. The van der Waals surface area contributed by atoms with Crippen molar-refractivity contribution >= 4 is 22.4 Å². The molecule has 3 rings (SSSR count). The lowest BCUT2D eigenvalue weighted by atomic mass is 10.2. The molecule has 1 aromatic carbocycles. The molecule has 0 fully saturated rings. The van der Waals surface area contributed by atoms with Crippen molar-refractivity contribution in [2.24, 2.45) is 12.8 Å². The standard InChI is InChI=1S/C15H17N3S/c1-3-11-5-7-14(19-11)15-17-12-8-10(9-16)4-6-13(12)18(15)2/h4-8H,3,9,16H2,1-2H3. The normalized spacial score (nSPS) is 11.3. The zero-order chi connectivity index (χ0) is 13.4. The Morgan fingerprint density at radius 3 is 2.79 bits per heavy atom. The van der Waals surface area contributed by atoms with Gasteiger partial charge in [-0.25, -0.2) is 4.98 Å². The summed E-state index contributed by atoms with van der Waals surface area (Å²) in [5, 5.41) is 0. The second-order valence-electron chi connectivity index (χ2n) is 4.64. The van der Waals surface area contributed by atoms with Gasteiger partial charge in [0.15, 0.2) is 5.82 Å². The quantitative estimate of drug-likeness (QED) is 0.794. The van der Waals surface area contributed by atoms with E-state index in [2.05, 4.69) is 48.9 Å². The van der Waals surface area contributed by atoms with Gasteiger partial charge in [-0.15, -0.1) is 11.3 Å². The number of aryl methyl sites for hydroxylation is 2. The fourth-order valence-corrected chi connectivity index (χ4v) is 3.25. The van der Waals surface area contributed by atoms with Gasteiger partial charge in [0.05, 0.1) is 15.9 Å². The second kappa shape index (κ2) is 4.79. The molecular formula is C15H17N3S. The highest BCUT2D eigenvalue weighted by molar-refractivity contribution is 7.15. The van der Waals surface area contributed by atoms with Crippen molar-refractivity contribution in [3.8, 4) is 10.7 Å². The van der Waals surface area contributed by atoms with E-state index in [-0.39, 0.29) is 0 Å². The molecule has 0 saturated heterocycles. The third-order valence-corrected chi connectivity index (χ3v) is 4.64. The van der Waals surface area contributed by atoms with Crippen LogP contribution in [0.4, 0.5) is 0 Å². The minimum Gasteiger partial charge on any atom is -0.326 e. The number of hydrogen-bond donors (Lipinski definition) is 1. The fourth-order valence-electron chi connectivity index (χ4n) is 2.28. The number of fused-ring (bicyclic) bond motifs is 1. The first-order chi connectivity index (χ1) is 9.22. The smallest absolute Gasteiger partial charge is 0.150 e. The van der Waals surface area contributed by atoms with Crippen molar-refractivity contribution in [2.75, 3.05) is 0 Å². The van der Waals surface area contributed by atoms with E-state index in [4.69, 9.17) is 10.7 Å². The minimum absolute atomic E-state index is 0.556. The molecular weight excluding hydrogens is 254 g/mol. The Balaban J connectivity index is 2.16. The van der Waals surface area contributed by atoms with E-state index in [1.54, 1.807) is 0 Å². The number of thiophene rings is 1. The van der Waals surface area contributed by atoms with Gasteiger partial charge in [0, 0.05) is 18.5 Å². The molecule has 98 valence electrons. The SMILES string of the molecule is CCc1ccc(-c2nc3cc(CN)ccc3n2C)s1.